The maximum atomic E-state index is 3.57. The summed E-state index contributed by atoms with van der Waals surface area (Å²) >= 11 is 0. The van der Waals surface area contributed by atoms with Crippen LogP contribution < -0.4 is 0 Å². The Labute approximate surface area is 133 Å². The molecule has 106 valence electrons. The average Bonchev–Trinajstić information content (AvgIpc) is 3.11. The summed E-state index contributed by atoms with van der Waals surface area (Å²) in [7, 11) is 0. The molecule has 1 heterocycles. The van der Waals surface area contributed by atoms with Crippen molar-refractivity contribution >= 4 is 32.6 Å². The van der Waals surface area contributed by atoms with Gasteiger partial charge in [0, 0.05) is 21.8 Å². The number of aromatic nitrogens is 1. The quantitative estimate of drug-likeness (QED) is 0.347. The van der Waals surface area contributed by atoms with E-state index in [-0.39, 0.29) is 0 Å². The summed E-state index contributed by atoms with van der Waals surface area (Å²) in [6.45, 7) is 0. The lowest BCUT2D eigenvalue weighted by molar-refractivity contribution is 1.55. The summed E-state index contributed by atoms with van der Waals surface area (Å²) in [5.41, 5.74) is 7.84. The van der Waals surface area contributed by atoms with Crippen LogP contribution in [0.25, 0.3) is 54.8 Å². The highest BCUT2D eigenvalue weighted by molar-refractivity contribution is 6.19. The van der Waals surface area contributed by atoms with Gasteiger partial charge >= 0.3 is 0 Å². The van der Waals surface area contributed by atoms with Gasteiger partial charge in [-0.1, -0.05) is 54.6 Å². The molecule has 0 bridgehead atoms. The van der Waals surface area contributed by atoms with E-state index in [2.05, 4.69) is 77.8 Å². The Balaban J connectivity index is 1.83. The molecule has 1 nitrogen and oxygen atoms in total. The first-order valence-corrected chi connectivity index (χ1v) is 7.97. The summed E-state index contributed by atoms with van der Waals surface area (Å²) in [5, 5.41) is 5.32. The van der Waals surface area contributed by atoms with E-state index in [9.17, 15) is 0 Å². The van der Waals surface area contributed by atoms with Crippen molar-refractivity contribution in [3.63, 3.8) is 0 Å². The Hall–Kier alpha value is -3.06. The minimum atomic E-state index is 1.21. The zero-order valence-corrected chi connectivity index (χ0v) is 12.4. The fraction of sp³-hybridized carbons (Fsp3) is 0. The van der Waals surface area contributed by atoms with Crippen LogP contribution in [-0.4, -0.2) is 4.98 Å². The van der Waals surface area contributed by atoms with Crippen molar-refractivity contribution in [2.45, 2.75) is 0 Å². The number of hydrogen-bond donors (Lipinski definition) is 1. The molecule has 6 rings (SSSR count). The molecule has 5 aromatic rings. The average molecular weight is 291 g/mol. The largest absolute Gasteiger partial charge is 0.354 e. The molecule has 1 aliphatic carbocycles. The highest BCUT2D eigenvalue weighted by Gasteiger charge is 2.22. The molecule has 0 saturated heterocycles. The van der Waals surface area contributed by atoms with E-state index in [0.717, 1.165) is 0 Å². The lowest BCUT2D eigenvalue weighted by Crippen LogP contribution is -1.77. The summed E-state index contributed by atoms with van der Waals surface area (Å²) in [4.78, 5) is 3.57. The number of para-hydroxylation sites is 1. The van der Waals surface area contributed by atoms with Crippen LogP contribution in [0.15, 0.2) is 72.8 Å². The lowest BCUT2D eigenvalue weighted by Gasteiger charge is -2.02. The zero-order valence-electron chi connectivity index (χ0n) is 12.4. The van der Waals surface area contributed by atoms with Crippen LogP contribution in [0.3, 0.4) is 0 Å². The second kappa shape index (κ2) is 3.82. The van der Waals surface area contributed by atoms with Gasteiger partial charge in [-0.2, -0.15) is 0 Å². The van der Waals surface area contributed by atoms with Crippen LogP contribution in [0, 0.1) is 0 Å². The van der Waals surface area contributed by atoms with Crippen LogP contribution >= 0.6 is 0 Å². The van der Waals surface area contributed by atoms with E-state index >= 15 is 0 Å². The van der Waals surface area contributed by atoms with Crippen molar-refractivity contribution in [1.82, 2.24) is 4.98 Å². The van der Waals surface area contributed by atoms with Crippen molar-refractivity contribution in [2.75, 3.05) is 0 Å². The number of rotatable bonds is 0. The smallest absolute Gasteiger partial charge is 0.0471 e. The molecular weight excluding hydrogens is 278 g/mol. The first-order chi connectivity index (χ1) is 11.4. The molecule has 0 amide bonds. The molecule has 23 heavy (non-hydrogen) atoms. The maximum absolute atomic E-state index is 3.57. The minimum absolute atomic E-state index is 1.21. The second-order valence-electron chi connectivity index (χ2n) is 6.32. The zero-order chi connectivity index (χ0) is 15.0. The summed E-state index contributed by atoms with van der Waals surface area (Å²) in [6.07, 6.45) is 0. The van der Waals surface area contributed by atoms with Gasteiger partial charge in [-0.25, -0.2) is 0 Å². The third-order valence-corrected chi connectivity index (χ3v) is 5.13. The number of H-pyrrole nitrogens is 1. The van der Waals surface area contributed by atoms with Gasteiger partial charge < -0.3 is 4.98 Å². The van der Waals surface area contributed by atoms with Crippen molar-refractivity contribution in [2.24, 2.45) is 0 Å². The lowest BCUT2D eigenvalue weighted by atomic mass is 10.0. The number of aromatic amines is 1. The normalized spacial score (nSPS) is 12.3. The highest BCUT2D eigenvalue weighted by Crippen LogP contribution is 2.48. The van der Waals surface area contributed by atoms with E-state index in [4.69, 9.17) is 0 Å². The monoisotopic (exact) mass is 291 g/mol. The van der Waals surface area contributed by atoms with Crippen LogP contribution in [0.4, 0.5) is 0 Å². The maximum Gasteiger partial charge on any atom is 0.0471 e. The molecule has 1 aliphatic rings. The third kappa shape index (κ3) is 1.33. The van der Waals surface area contributed by atoms with Crippen molar-refractivity contribution in [1.29, 1.82) is 0 Å². The van der Waals surface area contributed by atoms with Crippen LogP contribution in [0.5, 0.6) is 0 Å². The van der Waals surface area contributed by atoms with Gasteiger partial charge in [-0.15, -0.1) is 0 Å². The Morgan fingerprint density at radius 3 is 2.09 bits per heavy atom. The molecule has 0 saturated carbocycles. The topological polar surface area (TPSA) is 15.8 Å². The first-order valence-electron chi connectivity index (χ1n) is 7.97. The summed E-state index contributed by atoms with van der Waals surface area (Å²) in [5.74, 6) is 0. The van der Waals surface area contributed by atoms with E-state index < -0.39 is 0 Å². The van der Waals surface area contributed by atoms with E-state index in [1.165, 1.54) is 54.8 Å². The Morgan fingerprint density at radius 1 is 0.522 bits per heavy atom. The summed E-state index contributed by atoms with van der Waals surface area (Å²) < 4.78 is 0. The van der Waals surface area contributed by atoms with Gasteiger partial charge in [-0.05, 0) is 51.2 Å². The predicted molar refractivity (Wildman–Crippen MR) is 97.7 cm³/mol. The Morgan fingerprint density at radius 2 is 1.26 bits per heavy atom. The number of nitrogens with one attached hydrogen (secondary N) is 1. The van der Waals surface area contributed by atoms with Crippen molar-refractivity contribution in [3.8, 4) is 22.3 Å². The fourth-order valence-electron chi connectivity index (χ4n) is 4.13. The van der Waals surface area contributed by atoms with E-state index in [1.807, 2.05) is 0 Å². The molecular formula is C22H13N. The third-order valence-electron chi connectivity index (χ3n) is 5.13. The van der Waals surface area contributed by atoms with Gasteiger partial charge in [0.25, 0.3) is 0 Å². The molecule has 0 aliphatic heterocycles. The number of hydrogen-bond acceptors (Lipinski definition) is 0. The van der Waals surface area contributed by atoms with Gasteiger partial charge in [0.05, 0.1) is 0 Å². The molecule has 1 heteroatoms. The standard InChI is InChI=1S/C22H13N/c1-2-10-20-14(7-1)19-11-17-15-8-3-5-13-6-4-9-16(22(13)15)18(17)12-21(19)23-20/h1-12,23H. The van der Waals surface area contributed by atoms with Crippen molar-refractivity contribution < 1.29 is 0 Å². The second-order valence-corrected chi connectivity index (χ2v) is 6.32. The number of benzene rings is 4. The Bertz CT molecular complexity index is 1250. The fourth-order valence-corrected chi connectivity index (χ4v) is 4.13. The Kier molecular flexibility index (Phi) is 1.91. The first kappa shape index (κ1) is 11.5. The van der Waals surface area contributed by atoms with Crippen molar-refractivity contribution in [3.05, 3.63) is 72.8 Å². The van der Waals surface area contributed by atoms with E-state index in [0.29, 0.717) is 0 Å². The predicted octanol–water partition coefficient (Wildman–Crippen LogP) is 6.12. The SMILES string of the molecule is c1cc2c3c(cccc3c1)-c1cc3c(cc1-2)[nH]c1ccccc13. The van der Waals surface area contributed by atoms with Crippen LogP contribution in [0.2, 0.25) is 0 Å². The highest BCUT2D eigenvalue weighted by atomic mass is 14.7. The van der Waals surface area contributed by atoms with Gasteiger partial charge in [0.2, 0.25) is 0 Å². The molecule has 0 spiro atoms. The number of fused-ring (bicyclic) bond motifs is 6. The molecule has 0 fully saturated rings. The van der Waals surface area contributed by atoms with E-state index in [1.54, 1.807) is 0 Å². The molecule has 1 N–H and O–H groups in total. The molecule has 0 unspecified atom stereocenters. The van der Waals surface area contributed by atoms with Gasteiger partial charge in [-0.3, -0.25) is 0 Å². The van der Waals surface area contributed by atoms with Gasteiger partial charge in [0.15, 0.2) is 0 Å². The summed E-state index contributed by atoms with van der Waals surface area (Å²) in [6, 6.07) is 26.4. The molecule has 0 radical (unpaired) electrons. The molecule has 4 aromatic carbocycles. The molecule has 1 aromatic heterocycles. The van der Waals surface area contributed by atoms with Crippen LogP contribution in [-0.2, 0) is 0 Å². The minimum Gasteiger partial charge on any atom is -0.354 e. The molecule has 0 atom stereocenters. The van der Waals surface area contributed by atoms with Crippen LogP contribution in [0.1, 0.15) is 0 Å². The van der Waals surface area contributed by atoms with Gasteiger partial charge in [0.1, 0.15) is 0 Å².